The summed E-state index contributed by atoms with van der Waals surface area (Å²) in [5.74, 6) is 0.332. The van der Waals surface area contributed by atoms with Gasteiger partial charge in [0.15, 0.2) is 0 Å². The van der Waals surface area contributed by atoms with Gasteiger partial charge in [-0.15, -0.1) is 0 Å². The zero-order valence-electron chi connectivity index (χ0n) is 7.93. The predicted molar refractivity (Wildman–Crippen MR) is 54.7 cm³/mol. The quantitative estimate of drug-likeness (QED) is 0.744. The van der Waals surface area contributed by atoms with E-state index in [9.17, 15) is 8.42 Å². The van der Waals surface area contributed by atoms with Crippen LogP contribution in [0.5, 0.6) is 5.75 Å². The Balaban J connectivity index is 2.83. The fourth-order valence-electron chi connectivity index (χ4n) is 1.09. The summed E-state index contributed by atoms with van der Waals surface area (Å²) in [7, 11) is -3.44. The Bertz CT molecular complexity index is 400. The molecule has 1 aromatic carbocycles. The summed E-state index contributed by atoms with van der Waals surface area (Å²) in [5.41, 5.74) is 6.35. The van der Waals surface area contributed by atoms with Gasteiger partial charge in [-0.3, -0.25) is 0 Å². The molecule has 0 saturated carbocycles. The maximum Gasteiger partial charge on any atom is 0.306 e. The van der Waals surface area contributed by atoms with Gasteiger partial charge in [-0.25, -0.2) is 0 Å². The number of hydrogen-bond acceptors (Lipinski definition) is 4. The van der Waals surface area contributed by atoms with Gasteiger partial charge in [0.2, 0.25) is 0 Å². The number of benzene rings is 1. The molecule has 0 fully saturated rings. The van der Waals surface area contributed by atoms with E-state index in [2.05, 4.69) is 0 Å². The van der Waals surface area contributed by atoms with E-state index in [1.54, 1.807) is 18.2 Å². The van der Waals surface area contributed by atoms with Crippen molar-refractivity contribution in [3.63, 3.8) is 0 Å². The molecule has 14 heavy (non-hydrogen) atoms. The molecule has 0 aliphatic heterocycles. The van der Waals surface area contributed by atoms with Crippen molar-refractivity contribution in [3.05, 3.63) is 29.8 Å². The maximum absolute atomic E-state index is 10.8. The monoisotopic (exact) mass is 215 g/mol. The molecule has 5 heteroatoms. The minimum absolute atomic E-state index is 0.332. The predicted octanol–water partition coefficient (Wildman–Crippen LogP) is 0.526. The molecule has 4 nitrogen and oxygen atoms in total. The summed E-state index contributed by atoms with van der Waals surface area (Å²) in [5, 5.41) is 0. The van der Waals surface area contributed by atoms with Gasteiger partial charge in [-0.2, -0.15) is 8.42 Å². The molecule has 0 atom stereocenters. The van der Waals surface area contributed by atoms with Crippen LogP contribution < -0.4 is 9.92 Å². The third-order valence-corrected chi connectivity index (χ3v) is 2.07. The molecular weight excluding hydrogens is 202 g/mol. The summed E-state index contributed by atoms with van der Waals surface area (Å²) >= 11 is 0. The van der Waals surface area contributed by atoms with Crippen molar-refractivity contribution in [1.82, 2.24) is 0 Å². The van der Waals surface area contributed by atoms with Crippen molar-refractivity contribution in [2.45, 2.75) is 6.42 Å². The van der Waals surface area contributed by atoms with Crippen LogP contribution in [0.2, 0.25) is 0 Å². The third-order valence-electron chi connectivity index (χ3n) is 1.58. The SMILES string of the molecule is CS(=O)(=O)Oc1cccc(CCN)c1. The highest BCUT2D eigenvalue weighted by molar-refractivity contribution is 7.86. The minimum Gasteiger partial charge on any atom is -0.383 e. The smallest absolute Gasteiger partial charge is 0.306 e. The van der Waals surface area contributed by atoms with Gasteiger partial charge in [-0.05, 0) is 30.7 Å². The lowest BCUT2D eigenvalue weighted by Crippen LogP contribution is -2.07. The summed E-state index contributed by atoms with van der Waals surface area (Å²) in [4.78, 5) is 0. The van der Waals surface area contributed by atoms with Crippen LogP contribution in [-0.4, -0.2) is 21.2 Å². The first-order valence-electron chi connectivity index (χ1n) is 4.20. The van der Waals surface area contributed by atoms with Crippen LogP contribution in [0, 0.1) is 0 Å². The molecule has 0 aliphatic carbocycles. The van der Waals surface area contributed by atoms with Crippen LogP contribution >= 0.6 is 0 Å². The average Bonchev–Trinajstić information content (AvgIpc) is 2.02. The minimum atomic E-state index is -3.44. The van der Waals surface area contributed by atoms with E-state index in [0.29, 0.717) is 18.7 Å². The van der Waals surface area contributed by atoms with Crippen molar-refractivity contribution in [2.24, 2.45) is 5.73 Å². The van der Waals surface area contributed by atoms with E-state index < -0.39 is 10.1 Å². The van der Waals surface area contributed by atoms with Gasteiger partial charge >= 0.3 is 10.1 Å². The summed E-state index contributed by atoms with van der Waals surface area (Å²) in [6.07, 6.45) is 1.73. The average molecular weight is 215 g/mol. The van der Waals surface area contributed by atoms with E-state index >= 15 is 0 Å². The molecule has 78 valence electrons. The maximum atomic E-state index is 10.8. The molecule has 0 saturated heterocycles. The summed E-state index contributed by atoms with van der Waals surface area (Å²) < 4.78 is 26.4. The Morgan fingerprint density at radius 2 is 2.14 bits per heavy atom. The Morgan fingerprint density at radius 3 is 2.71 bits per heavy atom. The molecule has 1 aromatic rings. The van der Waals surface area contributed by atoms with Gasteiger partial charge in [0.1, 0.15) is 5.75 Å². The zero-order valence-corrected chi connectivity index (χ0v) is 8.75. The topological polar surface area (TPSA) is 69.4 Å². The molecule has 1 rings (SSSR count). The summed E-state index contributed by atoms with van der Waals surface area (Å²) in [6, 6.07) is 6.89. The van der Waals surface area contributed by atoms with E-state index in [1.165, 1.54) is 0 Å². The van der Waals surface area contributed by atoms with E-state index in [-0.39, 0.29) is 0 Å². The fourth-order valence-corrected chi connectivity index (χ4v) is 1.55. The molecule has 0 amide bonds. The second kappa shape index (κ2) is 4.43. The number of hydrogen-bond donors (Lipinski definition) is 1. The van der Waals surface area contributed by atoms with Crippen LogP contribution in [0.15, 0.2) is 24.3 Å². The molecule has 0 aliphatic rings. The van der Waals surface area contributed by atoms with Crippen LogP contribution in [0.4, 0.5) is 0 Å². The molecule has 0 unspecified atom stereocenters. The summed E-state index contributed by atoms with van der Waals surface area (Å²) in [6.45, 7) is 0.530. The standard InChI is InChI=1S/C9H13NO3S/c1-14(11,12)13-9-4-2-3-8(7-9)5-6-10/h2-4,7H,5-6,10H2,1H3. The Morgan fingerprint density at radius 1 is 1.43 bits per heavy atom. The first-order chi connectivity index (χ1) is 6.51. The van der Waals surface area contributed by atoms with Gasteiger partial charge in [0, 0.05) is 0 Å². The van der Waals surface area contributed by atoms with Crippen molar-refractivity contribution in [2.75, 3.05) is 12.8 Å². The van der Waals surface area contributed by atoms with Gasteiger partial charge < -0.3 is 9.92 Å². The van der Waals surface area contributed by atoms with E-state index in [0.717, 1.165) is 11.8 Å². The molecule has 0 heterocycles. The van der Waals surface area contributed by atoms with E-state index in [1.807, 2.05) is 6.07 Å². The Hall–Kier alpha value is -1.07. The highest BCUT2D eigenvalue weighted by Crippen LogP contribution is 2.14. The zero-order chi connectivity index (χ0) is 10.6. The Labute approximate surface area is 83.8 Å². The first-order valence-corrected chi connectivity index (χ1v) is 6.01. The fraction of sp³-hybridized carbons (Fsp3) is 0.333. The van der Waals surface area contributed by atoms with E-state index in [4.69, 9.17) is 9.92 Å². The van der Waals surface area contributed by atoms with Gasteiger partial charge in [0.25, 0.3) is 0 Å². The van der Waals surface area contributed by atoms with Crippen LogP contribution in [-0.2, 0) is 16.5 Å². The number of rotatable bonds is 4. The molecule has 0 aromatic heterocycles. The molecule has 0 bridgehead atoms. The second-order valence-corrected chi connectivity index (χ2v) is 4.55. The van der Waals surface area contributed by atoms with Crippen LogP contribution in [0.25, 0.3) is 0 Å². The normalized spacial score (nSPS) is 11.3. The van der Waals surface area contributed by atoms with Crippen molar-refractivity contribution in [1.29, 1.82) is 0 Å². The highest BCUT2D eigenvalue weighted by atomic mass is 32.2. The van der Waals surface area contributed by atoms with Gasteiger partial charge in [-0.1, -0.05) is 12.1 Å². The lowest BCUT2D eigenvalue weighted by atomic mass is 10.1. The molecular formula is C9H13NO3S. The molecule has 0 radical (unpaired) electrons. The molecule has 0 spiro atoms. The van der Waals surface area contributed by atoms with Crippen molar-refractivity contribution in [3.8, 4) is 5.75 Å². The van der Waals surface area contributed by atoms with Gasteiger partial charge in [0.05, 0.1) is 6.26 Å². The lowest BCUT2D eigenvalue weighted by Gasteiger charge is -2.04. The second-order valence-electron chi connectivity index (χ2n) is 2.97. The number of nitrogens with two attached hydrogens (primary N) is 1. The van der Waals surface area contributed by atoms with Crippen molar-refractivity contribution >= 4 is 10.1 Å². The van der Waals surface area contributed by atoms with Crippen LogP contribution in [0.1, 0.15) is 5.56 Å². The largest absolute Gasteiger partial charge is 0.383 e. The highest BCUT2D eigenvalue weighted by Gasteiger charge is 2.04. The Kier molecular flexibility index (Phi) is 3.49. The van der Waals surface area contributed by atoms with Crippen molar-refractivity contribution < 1.29 is 12.6 Å². The van der Waals surface area contributed by atoms with Crippen LogP contribution in [0.3, 0.4) is 0 Å². The molecule has 2 N–H and O–H groups in total. The lowest BCUT2D eigenvalue weighted by molar-refractivity contribution is 0.492. The first kappa shape index (κ1) is 11.0. The third kappa shape index (κ3) is 3.76.